The Hall–Kier alpha value is -2.00. The van der Waals surface area contributed by atoms with E-state index in [1.54, 1.807) is 12.4 Å². The van der Waals surface area contributed by atoms with Gasteiger partial charge in [0.15, 0.2) is 0 Å². The molecule has 1 aliphatic carbocycles. The van der Waals surface area contributed by atoms with Crippen LogP contribution in [0.2, 0.25) is 0 Å². The molecule has 0 radical (unpaired) electrons. The number of benzene rings is 2. The molecule has 41 heavy (non-hydrogen) atoms. The minimum atomic E-state index is -0.248. The van der Waals surface area contributed by atoms with Crippen molar-refractivity contribution >= 4 is 12.4 Å². The first-order chi connectivity index (χ1) is 18.2. The second-order valence-corrected chi connectivity index (χ2v) is 15.9. The summed E-state index contributed by atoms with van der Waals surface area (Å²) in [5.41, 5.74) is 4.62. The van der Waals surface area contributed by atoms with Gasteiger partial charge in [0.1, 0.15) is 0 Å². The summed E-state index contributed by atoms with van der Waals surface area (Å²) in [4.78, 5) is 9.95. The van der Waals surface area contributed by atoms with Crippen molar-refractivity contribution in [3.8, 4) is 11.5 Å². The van der Waals surface area contributed by atoms with Crippen LogP contribution >= 0.6 is 0 Å². The van der Waals surface area contributed by atoms with Crippen molar-refractivity contribution in [2.75, 3.05) is 0 Å². The van der Waals surface area contributed by atoms with Gasteiger partial charge < -0.3 is 10.2 Å². The van der Waals surface area contributed by atoms with E-state index in [0.29, 0.717) is 11.1 Å². The molecule has 0 amide bonds. The summed E-state index contributed by atoms with van der Waals surface area (Å²) in [6.45, 7) is 25.6. The van der Waals surface area contributed by atoms with Gasteiger partial charge in [0.05, 0.1) is 12.1 Å². The van der Waals surface area contributed by atoms with Gasteiger partial charge >= 0.3 is 19.5 Å². The first-order valence-electron chi connectivity index (χ1n) is 15.0. The van der Waals surface area contributed by atoms with Crippen LogP contribution in [0.5, 0.6) is 11.5 Å². The van der Waals surface area contributed by atoms with Crippen LogP contribution in [0, 0.1) is 0 Å². The molecule has 2 aromatic rings. The molecule has 0 N–H and O–H groups in total. The molecule has 4 nitrogen and oxygen atoms in total. The third kappa shape index (κ3) is 8.76. The van der Waals surface area contributed by atoms with Gasteiger partial charge in [-0.1, -0.05) is 132 Å². The zero-order chi connectivity index (χ0) is 30.3. The van der Waals surface area contributed by atoms with E-state index >= 15 is 0 Å². The molecule has 1 fully saturated rings. The number of hydrogen-bond acceptors (Lipinski definition) is 4. The molecular weight excluding hydrogens is 558 g/mol. The van der Waals surface area contributed by atoms with Crippen LogP contribution in [-0.4, -0.2) is 24.5 Å². The summed E-state index contributed by atoms with van der Waals surface area (Å²) in [6.07, 6.45) is 7.63. The number of rotatable bonds is 4. The molecular formula is C36H52N2O2Zn. The Morgan fingerprint density at radius 3 is 1.15 bits per heavy atom. The van der Waals surface area contributed by atoms with E-state index in [-0.39, 0.29) is 64.7 Å². The second-order valence-electron chi connectivity index (χ2n) is 15.9. The third-order valence-corrected chi connectivity index (χ3v) is 8.09. The van der Waals surface area contributed by atoms with Crippen molar-refractivity contribution in [2.45, 2.75) is 143 Å². The van der Waals surface area contributed by atoms with Crippen molar-refractivity contribution in [1.82, 2.24) is 0 Å². The summed E-state index contributed by atoms with van der Waals surface area (Å²) in [5, 5.41) is 26.9. The molecule has 0 aromatic heterocycles. The van der Waals surface area contributed by atoms with Gasteiger partial charge in [-0.15, -0.1) is 0 Å². The maximum absolute atomic E-state index is 13.5. The summed E-state index contributed by atoms with van der Waals surface area (Å²) in [7, 11) is 0. The van der Waals surface area contributed by atoms with Gasteiger partial charge in [-0.2, -0.15) is 0 Å². The van der Waals surface area contributed by atoms with Crippen LogP contribution in [0.15, 0.2) is 34.3 Å². The SMILES string of the molecule is CC(C)(C)c1cc(C=N[C@@H]2CCCC[C@H]2N=Cc2cc(C(C)(C)C)cc(C(C)(C)C)c2[O-])c([O-])c(C(C)(C)C)c1.[Zn+2]. The fraction of sp³-hybridized carbons (Fsp3) is 0.611. The van der Waals surface area contributed by atoms with E-state index in [1.165, 1.54) is 0 Å². The minimum Gasteiger partial charge on any atom is -0.872 e. The van der Waals surface area contributed by atoms with Crippen molar-refractivity contribution in [1.29, 1.82) is 0 Å². The zero-order valence-corrected chi connectivity index (χ0v) is 30.8. The van der Waals surface area contributed by atoms with Gasteiger partial charge in [0.2, 0.25) is 0 Å². The molecule has 0 heterocycles. The number of hydrogen-bond donors (Lipinski definition) is 0. The molecule has 1 aliphatic rings. The summed E-state index contributed by atoms with van der Waals surface area (Å²) < 4.78 is 0. The van der Waals surface area contributed by atoms with E-state index in [0.717, 1.165) is 47.9 Å². The Kier molecular flexibility index (Phi) is 10.9. The molecule has 2 aromatic carbocycles. The van der Waals surface area contributed by atoms with Crippen molar-refractivity contribution < 1.29 is 29.7 Å². The molecule has 1 saturated carbocycles. The maximum atomic E-state index is 13.5. The Morgan fingerprint density at radius 1 is 0.561 bits per heavy atom. The quantitative estimate of drug-likeness (QED) is 0.261. The standard InChI is InChI=1S/C36H54N2O2.Zn/c1-33(2,3)25-17-23(31(39)27(19-25)35(7,8)9)21-37-29-15-13-14-16-30(29)38-22-24-18-26(34(4,5)6)20-28(32(24)40)36(10,11)12;/h17-22,29-30,39-40H,13-16H2,1-12H3;/q;+2/p-2/t29-,30-;/m1./s1. The van der Waals surface area contributed by atoms with Crippen LogP contribution < -0.4 is 10.2 Å². The molecule has 0 unspecified atom stereocenters. The molecule has 5 heteroatoms. The first kappa shape index (κ1) is 35.2. The molecule has 2 atom stereocenters. The molecule has 0 aliphatic heterocycles. The molecule has 0 bridgehead atoms. The fourth-order valence-electron chi connectivity index (χ4n) is 5.27. The second kappa shape index (κ2) is 12.7. The molecule has 0 spiro atoms. The third-order valence-electron chi connectivity index (χ3n) is 8.09. The number of nitrogens with zero attached hydrogens (tertiary/aromatic N) is 2. The van der Waals surface area contributed by atoms with Crippen molar-refractivity contribution in [3.63, 3.8) is 0 Å². The molecule has 220 valence electrons. The Balaban J connectivity index is 0.00000588. The smallest absolute Gasteiger partial charge is 0.872 e. The van der Waals surface area contributed by atoms with E-state index in [2.05, 4.69) is 95.2 Å². The van der Waals surface area contributed by atoms with E-state index in [9.17, 15) is 10.2 Å². The van der Waals surface area contributed by atoms with Crippen molar-refractivity contribution in [3.05, 3.63) is 57.6 Å². The summed E-state index contributed by atoms with van der Waals surface area (Å²) >= 11 is 0. The van der Waals surface area contributed by atoms with Crippen molar-refractivity contribution in [2.24, 2.45) is 9.98 Å². The predicted molar refractivity (Wildman–Crippen MR) is 168 cm³/mol. The van der Waals surface area contributed by atoms with Crippen LogP contribution in [0.3, 0.4) is 0 Å². The molecule has 3 rings (SSSR count). The van der Waals surface area contributed by atoms with Crippen LogP contribution in [0.1, 0.15) is 142 Å². The first-order valence-corrected chi connectivity index (χ1v) is 15.0. The monoisotopic (exact) mass is 608 g/mol. The van der Waals surface area contributed by atoms with Gasteiger partial charge in [0.25, 0.3) is 0 Å². The predicted octanol–water partition coefficient (Wildman–Crippen LogP) is 7.87. The Bertz CT molecular complexity index is 1170. The summed E-state index contributed by atoms with van der Waals surface area (Å²) in [6, 6.07) is 8.15. The van der Waals surface area contributed by atoms with E-state index < -0.39 is 0 Å². The molecule has 0 saturated heterocycles. The Morgan fingerprint density at radius 2 is 0.878 bits per heavy atom. The average Bonchev–Trinajstić information content (AvgIpc) is 2.80. The van der Waals surface area contributed by atoms with Gasteiger partial charge in [-0.25, -0.2) is 0 Å². The normalized spacial score (nSPS) is 19.1. The van der Waals surface area contributed by atoms with E-state index in [1.807, 2.05) is 12.1 Å². The van der Waals surface area contributed by atoms with Crippen LogP contribution in [0.4, 0.5) is 0 Å². The van der Waals surface area contributed by atoms with Gasteiger partial charge in [0, 0.05) is 12.4 Å². The van der Waals surface area contributed by atoms with Crippen LogP contribution in [-0.2, 0) is 41.1 Å². The van der Waals surface area contributed by atoms with E-state index in [4.69, 9.17) is 9.98 Å². The van der Waals surface area contributed by atoms with Gasteiger partial charge in [-0.05, 0) is 67.9 Å². The summed E-state index contributed by atoms with van der Waals surface area (Å²) in [5.74, 6) is 0.120. The zero-order valence-electron chi connectivity index (χ0n) is 27.9. The largest absolute Gasteiger partial charge is 2.00 e. The average molecular weight is 610 g/mol. The number of aliphatic imine (C=N–C) groups is 2. The Labute approximate surface area is 263 Å². The topological polar surface area (TPSA) is 70.8 Å². The minimum absolute atomic E-state index is 0. The maximum Gasteiger partial charge on any atom is 2.00 e. The van der Waals surface area contributed by atoms with Crippen LogP contribution in [0.25, 0.3) is 0 Å². The fourth-order valence-corrected chi connectivity index (χ4v) is 5.27. The van der Waals surface area contributed by atoms with Gasteiger partial charge in [-0.3, -0.25) is 9.98 Å².